The number of pyridine rings is 2. The third-order valence-corrected chi connectivity index (χ3v) is 6.53. The third kappa shape index (κ3) is 3.87. The molecule has 0 bridgehead atoms. The molecule has 170 valence electrons. The fourth-order valence-corrected chi connectivity index (χ4v) is 4.99. The van der Waals surface area contributed by atoms with Gasteiger partial charge in [0.05, 0.1) is 11.2 Å². The molecule has 0 radical (unpaired) electrons. The van der Waals surface area contributed by atoms with Crippen LogP contribution in [-0.2, 0) is 0 Å². The number of rotatable bonds is 7. The summed E-state index contributed by atoms with van der Waals surface area (Å²) in [6, 6.07) is 12.8. The smallest absolute Gasteiger partial charge is 0.213 e. The number of likely N-dealkylation sites (tertiary alicyclic amines) is 1. The highest BCUT2D eigenvalue weighted by Crippen LogP contribution is 2.44. The number of benzene rings is 1. The van der Waals surface area contributed by atoms with E-state index in [9.17, 15) is 0 Å². The number of hydrogen-bond acceptors (Lipinski definition) is 7. The second-order valence-electron chi connectivity index (χ2n) is 9.49. The van der Waals surface area contributed by atoms with Crippen molar-refractivity contribution in [1.29, 1.82) is 0 Å². The van der Waals surface area contributed by atoms with E-state index in [-0.39, 0.29) is 1.43 Å². The molecule has 0 amide bonds. The Kier molecular flexibility index (Phi) is 5.39. The lowest BCUT2D eigenvalue weighted by molar-refractivity contribution is -0.00224. The van der Waals surface area contributed by atoms with Crippen molar-refractivity contribution in [1.82, 2.24) is 20.2 Å². The van der Waals surface area contributed by atoms with Gasteiger partial charge in [0.25, 0.3) is 0 Å². The number of fused-ring (bicyclic) bond motifs is 1. The van der Waals surface area contributed by atoms with Crippen molar-refractivity contribution in [2.24, 2.45) is 5.41 Å². The molecule has 2 aromatic heterocycles. The van der Waals surface area contributed by atoms with Crippen molar-refractivity contribution in [3.8, 4) is 17.1 Å². The van der Waals surface area contributed by atoms with Crippen molar-refractivity contribution in [2.75, 3.05) is 77.3 Å². The van der Waals surface area contributed by atoms with Gasteiger partial charge in [-0.1, -0.05) is 0 Å². The molecule has 0 aliphatic carbocycles. The molecule has 0 saturated carbocycles. The average molecular weight is 435 g/mol. The molecule has 2 saturated heterocycles. The monoisotopic (exact) mass is 434 g/mol. The number of nitrogens with one attached hydrogen (secondary N) is 1. The zero-order valence-corrected chi connectivity index (χ0v) is 19.4. The fourth-order valence-electron chi connectivity index (χ4n) is 4.99. The summed E-state index contributed by atoms with van der Waals surface area (Å²) in [5, 5.41) is 4.29. The molecule has 1 aromatic carbocycles. The highest BCUT2D eigenvalue weighted by molar-refractivity contribution is 5.96. The molecule has 7 nitrogen and oxygen atoms in total. The van der Waals surface area contributed by atoms with E-state index in [1.54, 1.807) is 0 Å². The number of aromatic nitrogens is 2. The van der Waals surface area contributed by atoms with Gasteiger partial charge in [0.15, 0.2) is 0 Å². The molecular weight excluding hydrogens is 400 g/mol. The normalized spacial score (nSPS) is 17.3. The summed E-state index contributed by atoms with van der Waals surface area (Å²) in [7, 11) is 8.24. The lowest BCUT2D eigenvalue weighted by Gasteiger charge is -2.60. The zero-order valence-electron chi connectivity index (χ0n) is 19.4. The first-order valence-electron chi connectivity index (χ1n) is 11.3. The number of hydrogen-bond donors (Lipinski definition) is 1. The summed E-state index contributed by atoms with van der Waals surface area (Å²) >= 11 is 0. The predicted octanol–water partition coefficient (Wildman–Crippen LogP) is 2.96. The SMILES string of the molecule is CNCCOc1ccc(-c2cc(N3CC4(CN(C)C4)C3)c3ccc(N(C)C)cc3n2)cn1.[HH]. The van der Waals surface area contributed by atoms with Crippen molar-refractivity contribution in [2.45, 2.75) is 0 Å². The van der Waals surface area contributed by atoms with Gasteiger partial charge >= 0.3 is 0 Å². The van der Waals surface area contributed by atoms with E-state index in [4.69, 9.17) is 9.72 Å². The van der Waals surface area contributed by atoms with Crippen molar-refractivity contribution in [3.63, 3.8) is 0 Å². The Morgan fingerprint density at radius 1 is 1.12 bits per heavy atom. The second kappa shape index (κ2) is 8.22. The minimum absolute atomic E-state index is 0. The van der Waals surface area contributed by atoms with Gasteiger partial charge in [-0.25, -0.2) is 9.97 Å². The highest BCUT2D eigenvalue weighted by Gasteiger charge is 2.50. The van der Waals surface area contributed by atoms with Gasteiger partial charge in [0.1, 0.15) is 6.61 Å². The average Bonchev–Trinajstić information content (AvgIpc) is 2.75. The molecule has 5 rings (SSSR count). The van der Waals surface area contributed by atoms with Crippen LogP contribution >= 0.6 is 0 Å². The number of nitrogens with zero attached hydrogens (tertiary/aromatic N) is 5. The molecule has 2 aliphatic rings. The van der Waals surface area contributed by atoms with E-state index in [2.05, 4.69) is 70.4 Å². The van der Waals surface area contributed by atoms with Crippen LogP contribution in [0.5, 0.6) is 5.88 Å². The molecule has 2 aliphatic heterocycles. The maximum Gasteiger partial charge on any atom is 0.213 e. The molecule has 3 aromatic rings. The Hall–Kier alpha value is -2.90. The van der Waals surface area contributed by atoms with Gasteiger partial charge in [-0.2, -0.15) is 0 Å². The van der Waals surface area contributed by atoms with E-state index in [1.165, 1.54) is 24.2 Å². The van der Waals surface area contributed by atoms with Gasteiger partial charge in [0, 0.05) is 88.2 Å². The number of likely N-dealkylation sites (N-methyl/N-ethyl adjacent to an activating group) is 1. The number of ether oxygens (including phenoxy) is 1. The van der Waals surface area contributed by atoms with Crippen LogP contribution in [0.1, 0.15) is 1.43 Å². The summed E-state index contributed by atoms with van der Waals surface area (Å²) in [6.07, 6.45) is 1.86. The summed E-state index contributed by atoms with van der Waals surface area (Å²) < 4.78 is 5.68. The van der Waals surface area contributed by atoms with Crippen LogP contribution < -0.4 is 19.9 Å². The Balaban J connectivity index is 0.00000259. The van der Waals surface area contributed by atoms with Crippen LogP contribution in [-0.4, -0.2) is 82.4 Å². The van der Waals surface area contributed by atoms with E-state index in [0.29, 0.717) is 17.9 Å². The van der Waals surface area contributed by atoms with E-state index < -0.39 is 0 Å². The first-order valence-corrected chi connectivity index (χ1v) is 11.3. The lowest BCUT2D eigenvalue weighted by atomic mass is 9.73. The maximum atomic E-state index is 5.68. The van der Waals surface area contributed by atoms with Crippen LogP contribution in [0.2, 0.25) is 0 Å². The van der Waals surface area contributed by atoms with Crippen molar-refractivity contribution < 1.29 is 6.16 Å². The van der Waals surface area contributed by atoms with E-state index in [0.717, 1.165) is 42.1 Å². The minimum atomic E-state index is 0. The van der Waals surface area contributed by atoms with E-state index >= 15 is 0 Å². The summed E-state index contributed by atoms with van der Waals surface area (Å²) in [6.45, 7) is 6.01. The van der Waals surface area contributed by atoms with Gasteiger partial charge in [0.2, 0.25) is 5.88 Å². The van der Waals surface area contributed by atoms with Crippen LogP contribution in [0.4, 0.5) is 11.4 Å². The molecule has 0 atom stereocenters. The summed E-state index contributed by atoms with van der Waals surface area (Å²) in [5.41, 5.74) is 5.87. The second-order valence-corrected chi connectivity index (χ2v) is 9.49. The molecule has 4 heterocycles. The van der Waals surface area contributed by atoms with Gasteiger partial charge in [-0.3, -0.25) is 0 Å². The van der Waals surface area contributed by atoms with Crippen molar-refractivity contribution >= 4 is 22.3 Å². The predicted molar refractivity (Wildman–Crippen MR) is 133 cm³/mol. The molecular formula is C25H34N6O. The maximum absolute atomic E-state index is 5.68. The zero-order chi connectivity index (χ0) is 22.3. The summed E-state index contributed by atoms with van der Waals surface area (Å²) in [4.78, 5) is 16.6. The Morgan fingerprint density at radius 2 is 1.94 bits per heavy atom. The Morgan fingerprint density at radius 3 is 2.59 bits per heavy atom. The highest BCUT2D eigenvalue weighted by atomic mass is 16.5. The fraction of sp³-hybridized carbons (Fsp3) is 0.440. The molecule has 1 spiro atoms. The van der Waals surface area contributed by atoms with Crippen LogP contribution in [0.25, 0.3) is 22.2 Å². The lowest BCUT2D eigenvalue weighted by Crippen LogP contribution is -2.71. The van der Waals surface area contributed by atoms with Crippen molar-refractivity contribution in [3.05, 3.63) is 42.6 Å². The molecule has 1 N–H and O–H groups in total. The molecule has 32 heavy (non-hydrogen) atoms. The van der Waals surface area contributed by atoms with Gasteiger partial charge in [-0.05, 0) is 44.4 Å². The molecule has 0 unspecified atom stereocenters. The number of anilines is 2. The minimum Gasteiger partial charge on any atom is -0.476 e. The first-order chi connectivity index (χ1) is 15.5. The van der Waals surface area contributed by atoms with Crippen LogP contribution in [0.3, 0.4) is 0 Å². The van der Waals surface area contributed by atoms with Gasteiger partial charge in [-0.15, -0.1) is 0 Å². The Bertz CT molecular complexity index is 1110. The Labute approximate surface area is 191 Å². The largest absolute Gasteiger partial charge is 0.476 e. The summed E-state index contributed by atoms with van der Waals surface area (Å²) in [5.74, 6) is 0.638. The van der Waals surface area contributed by atoms with Crippen LogP contribution in [0.15, 0.2) is 42.6 Å². The van der Waals surface area contributed by atoms with E-state index in [1.807, 2.05) is 25.4 Å². The third-order valence-electron chi connectivity index (χ3n) is 6.53. The topological polar surface area (TPSA) is 56.8 Å². The first kappa shape index (κ1) is 21.0. The molecule has 7 heteroatoms. The quantitative estimate of drug-likeness (QED) is 0.574. The molecule has 2 fully saturated rings. The standard InChI is InChI=1S/C25H32N6O.H2/c1-26-9-10-32-24-8-5-18(13-27-24)21-12-23(31-16-25(17-31)14-30(4)15-25)20-7-6-19(29(2)3)11-22(20)28-21;/h5-8,11-13,26H,9-10,14-17H2,1-4H3;1H. The van der Waals surface area contributed by atoms with Crippen LogP contribution in [0, 0.1) is 5.41 Å². The van der Waals surface area contributed by atoms with Gasteiger partial charge < -0.3 is 24.8 Å².